The molecule has 0 unspecified atom stereocenters. The highest BCUT2D eigenvalue weighted by molar-refractivity contribution is 5.84. The standard InChI is InChI=1S/C32H28O6/c1-20-15-21(2)22(3)28(16-20)38-30-19-36-29-18-26(12-13-27(29)32(30)34)37-31(33)9-6-14-35-25-11-10-23-7-4-5-8-24(23)17-25/h4-5,7-8,10-13,15-19H,6,9,14H2,1-3H3. The molecule has 4 aromatic carbocycles. The van der Waals surface area contributed by atoms with E-state index in [-0.39, 0.29) is 23.6 Å². The van der Waals surface area contributed by atoms with Gasteiger partial charge in [0.2, 0.25) is 11.2 Å². The molecule has 0 aliphatic carbocycles. The van der Waals surface area contributed by atoms with Crippen LogP contribution in [0.3, 0.4) is 0 Å². The minimum Gasteiger partial charge on any atom is -0.494 e. The number of benzene rings is 4. The Kier molecular flexibility index (Phi) is 7.13. The summed E-state index contributed by atoms with van der Waals surface area (Å²) >= 11 is 0. The molecule has 0 aliphatic heterocycles. The Labute approximate surface area is 220 Å². The van der Waals surface area contributed by atoms with E-state index in [1.165, 1.54) is 12.3 Å². The Morgan fingerprint density at radius 3 is 2.47 bits per heavy atom. The van der Waals surface area contributed by atoms with Gasteiger partial charge < -0.3 is 18.6 Å². The fourth-order valence-electron chi connectivity index (χ4n) is 4.30. The van der Waals surface area contributed by atoms with E-state index in [0.29, 0.717) is 35.5 Å². The van der Waals surface area contributed by atoms with Crippen molar-refractivity contribution in [3.05, 3.63) is 106 Å². The Morgan fingerprint density at radius 1 is 0.842 bits per heavy atom. The van der Waals surface area contributed by atoms with Crippen LogP contribution in [0.4, 0.5) is 0 Å². The van der Waals surface area contributed by atoms with Crippen LogP contribution in [-0.2, 0) is 4.79 Å². The van der Waals surface area contributed by atoms with E-state index in [9.17, 15) is 9.59 Å². The number of rotatable bonds is 8. The molecule has 6 nitrogen and oxygen atoms in total. The molecule has 0 amide bonds. The third kappa shape index (κ3) is 5.54. The van der Waals surface area contributed by atoms with E-state index in [1.54, 1.807) is 12.1 Å². The molecule has 0 saturated heterocycles. The quantitative estimate of drug-likeness (QED) is 0.123. The molecule has 192 valence electrons. The lowest BCUT2D eigenvalue weighted by molar-refractivity contribution is -0.134. The van der Waals surface area contributed by atoms with Crippen molar-refractivity contribution in [3.63, 3.8) is 0 Å². The smallest absolute Gasteiger partial charge is 0.311 e. The summed E-state index contributed by atoms with van der Waals surface area (Å²) in [6.07, 6.45) is 1.99. The van der Waals surface area contributed by atoms with Crippen molar-refractivity contribution in [1.82, 2.24) is 0 Å². The number of ether oxygens (including phenoxy) is 3. The van der Waals surface area contributed by atoms with Crippen molar-refractivity contribution >= 4 is 27.7 Å². The molecule has 0 bridgehead atoms. The van der Waals surface area contributed by atoms with Gasteiger partial charge >= 0.3 is 5.97 Å². The number of aryl methyl sites for hydroxylation is 2. The van der Waals surface area contributed by atoms with E-state index < -0.39 is 0 Å². The van der Waals surface area contributed by atoms with E-state index >= 15 is 0 Å². The molecule has 0 fully saturated rings. The van der Waals surface area contributed by atoms with Gasteiger partial charge in [-0.2, -0.15) is 0 Å². The minimum absolute atomic E-state index is 0.0989. The van der Waals surface area contributed by atoms with E-state index in [4.69, 9.17) is 18.6 Å². The maximum Gasteiger partial charge on any atom is 0.311 e. The zero-order valence-corrected chi connectivity index (χ0v) is 21.6. The highest BCUT2D eigenvalue weighted by Crippen LogP contribution is 2.29. The first-order valence-electron chi connectivity index (χ1n) is 12.5. The van der Waals surface area contributed by atoms with Crippen molar-refractivity contribution < 1.29 is 23.4 Å². The highest BCUT2D eigenvalue weighted by atomic mass is 16.5. The van der Waals surface area contributed by atoms with Gasteiger partial charge in [-0.3, -0.25) is 9.59 Å². The lowest BCUT2D eigenvalue weighted by Crippen LogP contribution is -2.10. The van der Waals surface area contributed by atoms with Gasteiger partial charge in [-0.15, -0.1) is 0 Å². The molecule has 5 rings (SSSR count). The topological polar surface area (TPSA) is 75.0 Å². The molecule has 1 aromatic heterocycles. The van der Waals surface area contributed by atoms with E-state index in [0.717, 1.165) is 33.2 Å². The summed E-state index contributed by atoms with van der Waals surface area (Å²) in [6, 6.07) is 22.6. The van der Waals surface area contributed by atoms with Crippen LogP contribution in [0.1, 0.15) is 29.5 Å². The van der Waals surface area contributed by atoms with Crippen LogP contribution in [0.5, 0.6) is 23.0 Å². The summed E-state index contributed by atoms with van der Waals surface area (Å²) in [6.45, 7) is 6.31. The summed E-state index contributed by atoms with van der Waals surface area (Å²) in [5.41, 5.74) is 3.09. The van der Waals surface area contributed by atoms with Crippen molar-refractivity contribution in [2.75, 3.05) is 6.61 Å². The van der Waals surface area contributed by atoms with E-state index in [1.807, 2.05) is 69.3 Å². The minimum atomic E-state index is -0.390. The van der Waals surface area contributed by atoms with Crippen LogP contribution in [0.15, 0.2) is 88.3 Å². The molecular weight excluding hydrogens is 480 g/mol. The van der Waals surface area contributed by atoms with Gasteiger partial charge in [-0.05, 0) is 85.0 Å². The first-order chi connectivity index (χ1) is 18.4. The van der Waals surface area contributed by atoms with Crippen LogP contribution in [0.2, 0.25) is 0 Å². The second-order valence-corrected chi connectivity index (χ2v) is 9.33. The number of hydrogen-bond donors (Lipinski definition) is 0. The van der Waals surface area contributed by atoms with Crippen LogP contribution in [-0.4, -0.2) is 12.6 Å². The predicted octanol–water partition coefficient (Wildman–Crippen LogP) is 7.43. The zero-order chi connectivity index (χ0) is 26.6. The first-order valence-corrected chi connectivity index (χ1v) is 12.5. The van der Waals surface area contributed by atoms with Crippen LogP contribution < -0.4 is 19.6 Å². The molecule has 0 spiro atoms. The number of carbonyl (C=O) groups excluding carboxylic acids is 1. The molecule has 5 aromatic rings. The Balaban J connectivity index is 1.19. The SMILES string of the molecule is Cc1cc(C)c(C)c(Oc2coc3cc(OC(=O)CCCOc4ccc5ccccc5c4)ccc3c2=O)c1. The van der Waals surface area contributed by atoms with Gasteiger partial charge in [-0.25, -0.2) is 0 Å². The Morgan fingerprint density at radius 2 is 1.63 bits per heavy atom. The maximum atomic E-state index is 13.0. The van der Waals surface area contributed by atoms with Crippen molar-refractivity contribution in [1.29, 1.82) is 0 Å². The van der Waals surface area contributed by atoms with Crippen molar-refractivity contribution in [3.8, 4) is 23.0 Å². The van der Waals surface area contributed by atoms with Crippen LogP contribution in [0, 0.1) is 20.8 Å². The van der Waals surface area contributed by atoms with Crippen LogP contribution in [0.25, 0.3) is 21.7 Å². The molecular formula is C32H28O6. The van der Waals surface area contributed by atoms with Gasteiger partial charge in [0, 0.05) is 12.5 Å². The van der Waals surface area contributed by atoms with Gasteiger partial charge in [0.15, 0.2) is 0 Å². The molecule has 1 heterocycles. The average Bonchev–Trinajstić information content (AvgIpc) is 2.91. The number of carbonyl (C=O) groups is 1. The lowest BCUT2D eigenvalue weighted by Gasteiger charge is -2.12. The molecule has 0 radical (unpaired) electrons. The summed E-state index contributed by atoms with van der Waals surface area (Å²) in [5.74, 6) is 1.39. The first kappa shape index (κ1) is 25.1. The Bertz CT molecular complexity index is 1700. The fraction of sp³-hybridized carbons (Fsp3) is 0.188. The summed E-state index contributed by atoms with van der Waals surface area (Å²) < 4.78 is 22.8. The summed E-state index contributed by atoms with van der Waals surface area (Å²) in [5, 5.41) is 2.59. The van der Waals surface area contributed by atoms with Crippen molar-refractivity contribution in [2.45, 2.75) is 33.6 Å². The molecule has 0 N–H and O–H groups in total. The predicted molar refractivity (Wildman–Crippen MR) is 148 cm³/mol. The number of fused-ring (bicyclic) bond motifs is 2. The number of esters is 1. The monoisotopic (exact) mass is 508 g/mol. The lowest BCUT2D eigenvalue weighted by atomic mass is 10.1. The number of hydrogen-bond acceptors (Lipinski definition) is 6. The normalized spacial score (nSPS) is 11.0. The summed E-state index contributed by atoms with van der Waals surface area (Å²) in [7, 11) is 0. The van der Waals surface area contributed by atoms with Crippen molar-refractivity contribution in [2.24, 2.45) is 0 Å². The van der Waals surface area contributed by atoms with Gasteiger partial charge in [0.25, 0.3) is 0 Å². The zero-order valence-electron chi connectivity index (χ0n) is 21.6. The average molecular weight is 509 g/mol. The Hall–Kier alpha value is -4.58. The molecule has 0 aliphatic rings. The van der Waals surface area contributed by atoms with Gasteiger partial charge in [0.05, 0.1) is 12.0 Å². The largest absolute Gasteiger partial charge is 0.494 e. The fourth-order valence-corrected chi connectivity index (χ4v) is 4.30. The van der Waals surface area contributed by atoms with E-state index in [2.05, 4.69) is 6.07 Å². The highest BCUT2D eigenvalue weighted by Gasteiger charge is 2.14. The second-order valence-electron chi connectivity index (χ2n) is 9.33. The summed E-state index contributed by atoms with van der Waals surface area (Å²) in [4.78, 5) is 25.4. The maximum absolute atomic E-state index is 13.0. The van der Waals surface area contributed by atoms with Gasteiger partial charge in [0.1, 0.15) is 29.1 Å². The molecule has 0 atom stereocenters. The molecule has 0 saturated carbocycles. The third-order valence-corrected chi connectivity index (χ3v) is 6.44. The van der Waals surface area contributed by atoms with Gasteiger partial charge in [-0.1, -0.05) is 36.4 Å². The molecule has 38 heavy (non-hydrogen) atoms. The second kappa shape index (κ2) is 10.8. The molecule has 6 heteroatoms. The third-order valence-electron chi connectivity index (χ3n) is 6.44. The van der Waals surface area contributed by atoms with Crippen LogP contribution >= 0.6 is 0 Å².